The molecule has 0 saturated carbocycles. The van der Waals surface area contributed by atoms with E-state index in [0.29, 0.717) is 29.7 Å². The first kappa shape index (κ1) is 30.1. The number of aromatic nitrogens is 3. The Balaban J connectivity index is 1.38. The van der Waals surface area contributed by atoms with Crippen molar-refractivity contribution < 1.29 is 0 Å². The number of benzene rings is 4. The third-order valence-electron chi connectivity index (χ3n) is 8.06. The first-order chi connectivity index (χ1) is 22.0. The predicted molar refractivity (Wildman–Crippen MR) is 187 cm³/mol. The standard InChI is InChI=1S/C38H30IN5O/c1-2-3-14-36-42-37-34(43(36)24-26-15-17-32(30(19-26)22-40)28-10-6-4-7-11-28)21-35(39)44(38(37)45)25-27-16-18-33(31(20-27)23-41)29-12-8-5-9-13-29/h4-13,15-21H,2-3,14,24-25H2,1H3. The van der Waals surface area contributed by atoms with E-state index < -0.39 is 0 Å². The largest absolute Gasteiger partial charge is 0.323 e. The van der Waals surface area contributed by atoms with Crippen LogP contribution < -0.4 is 5.56 Å². The highest BCUT2D eigenvalue weighted by Gasteiger charge is 2.19. The van der Waals surface area contributed by atoms with Crippen molar-refractivity contribution in [2.24, 2.45) is 0 Å². The number of hydrogen-bond acceptors (Lipinski definition) is 4. The summed E-state index contributed by atoms with van der Waals surface area (Å²) in [4.78, 5) is 18.9. The zero-order valence-electron chi connectivity index (χ0n) is 24.9. The second-order valence-corrected chi connectivity index (χ2v) is 12.1. The number of hydrogen-bond donors (Lipinski definition) is 0. The van der Waals surface area contributed by atoms with Crippen molar-refractivity contribution in [3.8, 4) is 34.4 Å². The van der Waals surface area contributed by atoms with Crippen LogP contribution in [0.5, 0.6) is 0 Å². The smallest absolute Gasteiger partial charge is 0.279 e. The number of unbranched alkanes of at least 4 members (excludes halogenated alkanes) is 1. The topological polar surface area (TPSA) is 87.4 Å². The Morgan fingerprint density at radius 1 is 0.733 bits per heavy atom. The Morgan fingerprint density at radius 3 is 1.78 bits per heavy atom. The van der Waals surface area contributed by atoms with E-state index in [0.717, 1.165) is 67.7 Å². The van der Waals surface area contributed by atoms with E-state index in [2.05, 4.69) is 52.3 Å². The minimum absolute atomic E-state index is 0.156. The molecule has 45 heavy (non-hydrogen) atoms. The molecule has 0 spiro atoms. The lowest BCUT2D eigenvalue weighted by Crippen LogP contribution is -2.23. The van der Waals surface area contributed by atoms with Gasteiger partial charge in [0.1, 0.15) is 5.82 Å². The molecule has 0 amide bonds. The van der Waals surface area contributed by atoms with Crippen molar-refractivity contribution in [1.29, 1.82) is 10.5 Å². The molecule has 0 fully saturated rings. The fraction of sp³-hybridized carbons (Fsp3) is 0.158. The van der Waals surface area contributed by atoms with Crippen LogP contribution in [0.1, 0.15) is 47.8 Å². The summed E-state index contributed by atoms with van der Waals surface area (Å²) in [6.45, 7) is 2.98. The maximum atomic E-state index is 14.0. The maximum absolute atomic E-state index is 14.0. The van der Waals surface area contributed by atoms with E-state index in [4.69, 9.17) is 4.98 Å². The minimum Gasteiger partial charge on any atom is -0.323 e. The zero-order chi connectivity index (χ0) is 31.3. The van der Waals surface area contributed by atoms with Gasteiger partial charge in [-0.05, 0) is 80.6 Å². The van der Waals surface area contributed by atoms with E-state index in [-0.39, 0.29) is 5.56 Å². The molecule has 0 aliphatic heterocycles. The van der Waals surface area contributed by atoms with Crippen molar-refractivity contribution in [2.45, 2.75) is 39.3 Å². The minimum atomic E-state index is -0.156. The predicted octanol–water partition coefficient (Wildman–Crippen LogP) is 8.32. The van der Waals surface area contributed by atoms with Gasteiger partial charge in [-0.2, -0.15) is 10.5 Å². The fourth-order valence-corrected chi connectivity index (χ4v) is 6.44. The summed E-state index contributed by atoms with van der Waals surface area (Å²) >= 11 is 2.22. The van der Waals surface area contributed by atoms with Crippen molar-refractivity contribution >= 4 is 33.6 Å². The van der Waals surface area contributed by atoms with E-state index in [1.54, 1.807) is 4.57 Å². The van der Waals surface area contributed by atoms with Crippen molar-refractivity contribution in [2.75, 3.05) is 0 Å². The highest BCUT2D eigenvalue weighted by Crippen LogP contribution is 2.27. The highest BCUT2D eigenvalue weighted by molar-refractivity contribution is 14.1. The van der Waals surface area contributed by atoms with Crippen LogP contribution in [0, 0.1) is 26.4 Å². The van der Waals surface area contributed by atoms with Crippen molar-refractivity contribution in [3.63, 3.8) is 0 Å². The molecule has 6 aromatic rings. The zero-order valence-corrected chi connectivity index (χ0v) is 27.0. The molecule has 0 saturated heterocycles. The van der Waals surface area contributed by atoms with Gasteiger partial charge in [0.15, 0.2) is 5.52 Å². The average molecular weight is 700 g/mol. The maximum Gasteiger partial charge on any atom is 0.279 e. The highest BCUT2D eigenvalue weighted by atomic mass is 127. The lowest BCUT2D eigenvalue weighted by Gasteiger charge is -2.13. The molecule has 0 N–H and O–H groups in total. The van der Waals surface area contributed by atoms with Gasteiger partial charge in [-0.1, -0.05) is 98.3 Å². The normalized spacial score (nSPS) is 10.9. The third kappa shape index (κ3) is 6.18. The molecular formula is C38H30IN5O. The van der Waals surface area contributed by atoms with Crippen LogP contribution in [-0.2, 0) is 19.5 Å². The number of rotatable bonds is 9. The van der Waals surface area contributed by atoms with Gasteiger partial charge in [0.25, 0.3) is 5.56 Å². The number of pyridine rings is 1. The Bertz CT molecular complexity index is 2150. The second-order valence-electron chi connectivity index (χ2n) is 11.0. The van der Waals surface area contributed by atoms with Crippen LogP contribution >= 0.6 is 22.6 Å². The summed E-state index contributed by atoms with van der Waals surface area (Å²) in [6, 6.07) is 38.3. The van der Waals surface area contributed by atoms with E-state index in [1.807, 2.05) is 97.1 Å². The molecule has 0 unspecified atom stereocenters. The van der Waals surface area contributed by atoms with E-state index >= 15 is 0 Å². The number of aryl methyl sites for hydroxylation is 1. The lowest BCUT2D eigenvalue weighted by molar-refractivity contribution is 0.689. The number of nitriles is 2. The van der Waals surface area contributed by atoms with Crippen LogP contribution in [0.25, 0.3) is 33.3 Å². The van der Waals surface area contributed by atoms with Crippen molar-refractivity contribution in [1.82, 2.24) is 14.1 Å². The molecule has 6 rings (SSSR count). The van der Waals surface area contributed by atoms with Gasteiger partial charge in [-0.25, -0.2) is 4.98 Å². The van der Waals surface area contributed by atoms with Gasteiger partial charge in [-0.15, -0.1) is 0 Å². The number of halogens is 1. The number of fused-ring (bicyclic) bond motifs is 1. The van der Waals surface area contributed by atoms with E-state index in [9.17, 15) is 15.3 Å². The summed E-state index contributed by atoms with van der Waals surface area (Å²) in [5, 5.41) is 19.9. The SMILES string of the molecule is CCCCc1nc2c(=O)n(Cc3ccc(-c4ccccc4)c(C#N)c3)c(I)cc2n1Cc1ccc(-c2ccccc2)c(C#N)c1. The second kappa shape index (κ2) is 13.3. The first-order valence-electron chi connectivity index (χ1n) is 15.0. The summed E-state index contributed by atoms with van der Waals surface area (Å²) < 4.78 is 4.64. The molecule has 0 aliphatic rings. The summed E-state index contributed by atoms with van der Waals surface area (Å²) in [7, 11) is 0. The molecule has 6 nitrogen and oxygen atoms in total. The van der Waals surface area contributed by atoms with Gasteiger partial charge >= 0.3 is 0 Å². The third-order valence-corrected chi connectivity index (χ3v) is 8.95. The van der Waals surface area contributed by atoms with Crippen LogP contribution in [0.3, 0.4) is 0 Å². The first-order valence-corrected chi connectivity index (χ1v) is 16.0. The van der Waals surface area contributed by atoms with E-state index in [1.165, 1.54) is 0 Å². The molecule has 2 aromatic heterocycles. The molecule has 0 bridgehead atoms. The molecule has 2 heterocycles. The van der Waals surface area contributed by atoms with Gasteiger partial charge in [0.05, 0.1) is 39.0 Å². The number of imidazole rings is 1. The van der Waals surface area contributed by atoms with Crippen molar-refractivity contribution in [3.05, 3.63) is 145 Å². The molecule has 7 heteroatoms. The quantitative estimate of drug-likeness (QED) is 0.112. The Labute approximate surface area is 276 Å². The summed E-state index contributed by atoms with van der Waals surface area (Å²) in [5.41, 5.74) is 7.86. The summed E-state index contributed by atoms with van der Waals surface area (Å²) in [5.74, 6) is 0.863. The Morgan fingerprint density at radius 2 is 1.27 bits per heavy atom. The van der Waals surface area contributed by atoms with Gasteiger partial charge in [-0.3, -0.25) is 9.36 Å². The molecule has 0 atom stereocenters. The van der Waals surface area contributed by atoms with Crippen LogP contribution in [0.15, 0.2) is 108 Å². The molecule has 220 valence electrons. The average Bonchev–Trinajstić information content (AvgIpc) is 3.42. The molecular weight excluding hydrogens is 669 g/mol. The van der Waals surface area contributed by atoms with Gasteiger partial charge in [0.2, 0.25) is 0 Å². The Hall–Kier alpha value is -4.99. The lowest BCUT2D eigenvalue weighted by atomic mass is 9.98. The molecule has 4 aromatic carbocycles. The van der Waals surface area contributed by atoms with Crippen LogP contribution in [-0.4, -0.2) is 14.1 Å². The fourth-order valence-electron chi connectivity index (χ4n) is 5.75. The molecule has 0 radical (unpaired) electrons. The Kier molecular flexibility index (Phi) is 8.91. The van der Waals surface area contributed by atoms with Crippen LogP contribution in [0.2, 0.25) is 0 Å². The van der Waals surface area contributed by atoms with Crippen LogP contribution in [0.4, 0.5) is 0 Å². The summed E-state index contributed by atoms with van der Waals surface area (Å²) in [6.07, 6.45) is 2.71. The number of nitrogens with zero attached hydrogens (tertiary/aromatic N) is 5. The van der Waals surface area contributed by atoms with Gasteiger partial charge < -0.3 is 4.57 Å². The monoisotopic (exact) mass is 699 g/mol. The molecule has 0 aliphatic carbocycles. The van der Waals surface area contributed by atoms with Gasteiger partial charge in [0, 0.05) is 13.0 Å².